The number of hydrogen-bond acceptors (Lipinski definition) is 5. The lowest BCUT2D eigenvalue weighted by Crippen LogP contribution is -2.07. The quantitative estimate of drug-likeness (QED) is 0.845. The van der Waals surface area contributed by atoms with Crippen molar-refractivity contribution in [3.63, 3.8) is 0 Å². The molecule has 0 N–H and O–H groups in total. The second kappa shape index (κ2) is 5.32. The van der Waals surface area contributed by atoms with Gasteiger partial charge in [-0.15, -0.1) is 11.8 Å². The molecule has 2 aromatic rings. The number of nitrogens with zero attached hydrogens (tertiary/aromatic N) is 2. The van der Waals surface area contributed by atoms with Gasteiger partial charge in [0, 0.05) is 4.90 Å². The zero-order valence-electron chi connectivity index (χ0n) is 11.5. The van der Waals surface area contributed by atoms with Crippen molar-refractivity contribution >= 4 is 11.8 Å². The molecule has 3 rings (SSSR count). The van der Waals surface area contributed by atoms with E-state index in [9.17, 15) is 0 Å². The van der Waals surface area contributed by atoms with Gasteiger partial charge in [0.25, 0.3) is 11.8 Å². The molecule has 0 amide bonds. The first-order valence-electron chi connectivity index (χ1n) is 6.47. The summed E-state index contributed by atoms with van der Waals surface area (Å²) in [6.07, 6.45) is 4.01. The second-order valence-electron chi connectivity index (χ2n) is 4.68. The minimum Gasteiger partial charge on any atom is -0.477 e. The van der Waals surface area contributed by atoms with Crippen molar-refractivity contribution in [3.8, 4) is 11.8 Å². The molecule has 0 atom stereocenters. The standard InChI is InChI=1S/C15H16N2O2S/c1-18-13-14(19-2)17-12(10-16-13)15(8-9-15)20-11-6-4-3-5-7-11/h3-7,10H,8-9H2,1-2H3. The van der Waals surface area contributed by atoms with Crippen LogP contribution in [0.1, 0.15) is 18.5 Å². The molecule has 0 bridgehead atoms. The fourth-order valence-electron chi connectivity index (χ4n) is 2.09. The number of ether oxygens (including phenoxy) is 2. The molecular formula is C15H16N2O2S. The summed E-state index contributed by atoms with van der Waals surface area (Å²) < 4.78 is 10.4. The largest absolute Gasteiger partial charge is 0.477 e. The fraction of sp³-hybridized carbons (Fsp3) is 0.333. The first-order chi connectivity index (χ1) is 9.77. The van der Waals surface area contributed by atoms with Crippen molar-refractivity contribution in [2.24, 2.45) is 0 Å². The Morgan fingerprint density at radius 1 is 1.05 bits per heavy atom. The van der Waals surface area contributed by atoms with Gasteiger partial charge in [-0.25, -0.2) is 9.97 Å². The first kappa shape index (κ1) is 13.2. The Labute approximate surface area is 122 Å². The van der Waals surface area contributed by atoms with Crippen LogP contribution in [-0.2, 0) is 4.75 Å². The molecule has 1 aliphatic carbocycles. The van der Waals surface area contributed by atoms with Crippen LogP contribution in [-0.4, -0.2) is 24.2 Å². The molecule has 0 radical (unpaired) electrons. The van der Waals surface area contributed by atoms with E-state index >= 15 is 0 Å². The first-order valence-corrected chi connectivity index (χ1v) is 7.28. The molecule has 1 heterocycles. The lowest BCUT2D eigenvalue weighted by Gasteiger charge is -2.15. The van der Waals surface area contributed by atoms with Gasteiger partial charge < -0.3 is 9.47 Å². The molecule has 5 heteroatoms. The van der Waals surface area contributed by atoms with Gasteiger partial charge in [-0.05, 0) is 25.0 Å². The van der Waals surface area contributed by atoms with Crippen LogP contribution in [0.25, 0.3) is 0 Å². The number of aromatic nitrogens is 2. The van der Waals surface area contributed by atoms with Crippen LogP contribution in [0, 0.1) is 0 Å². The molecule has 0 spiro atoms. The third-order valence-electron chi connectivity index (χ3n) is 3.32. The van der Waals surface area contributed by atoms with Crippen LogP contribution >= 0.6 is 11.8 Å². The average Bonchev–Trinajstić information content (AvgIpc) is 3.28. The average molecular weight is 288 g/mol. The van der Waals surface area contributed by atoms with E-state index in [1.807, 2.05) is 17.8 Å². The van der Waals surface area contributed by atoms with Crippen LogP contribution < -0.4 is 9.47 Å². The topological polar surface area (TPSA) is 44.2 Å². The molecule has 4 nitrogen and oxygen atoms in total. The molecule has 1 fully saturated rings. The van der Waals surface area contributed by atoms with Gasteiger partial charge in [0.15, 0.2) is 0 Å². The molecule has 0 unspecified atom stereocenters. The third kappa shape index (κ3) is 2.45. The summed E-state index contributed by atoms with van der Waals surface area (Å²) in [6, 6.07) is 10.4. The number of hydrogen-bond donors (Lipinski definition) is 0. The minimum atomic E-state index is 0.0356. The lowest BCUT2D eigenvalue weighted by molar-refractivity contribution is 0.330. The Kier molecular flexibility index (Phi) is 3.53. The summed E-state index contributed by atoms with van der Waals surface area (Å²) in [6.45, 7) is 0. The van der Waals surface area contributed by atoms with Gasteiger partial charge >= 0.3 is 0 Å². The molecule has 1 saturated carbocycles. The summed E-state index contributed by atoms with van der Waals surface area (Å²) >= 11 is 1.84. The van der Waals surface area contributed by atoms with Gasteiger partial charge in [0.2, 0.25) is 0 Å². The van der Waals surface area contributed by atoms with Crippen molar-refractivity contribution in [1.29, 1.82) is 0 Å². The van der Waals surface area contributed by atoms with Crippen molar-refractivity contribution in [3.05, 3.63) is 42.2 Å². The zero-order valence-corrected chi connectivity index (χ0v) is 12.3. The highest BCUT2D eigenvalue weighted by Gasteiger charge is 2.47. The van der Waals surface area contributed by atoms with Gasteiger partial charge in [-0.2, -0.15) is 0 Å². The Morgan fingerprint density at radius 3 is 2.35 bits per heavy atom. The van der Waals surface area contributed by atoms with Crippen LogP contribution in [0.15, 0.2) is 41.4 Å². The third-order valence-corrected chi connectivity index (χ3v) is 4.84. The molecular weight excluding hydrogens is 272 g/mol. The van der Waals surface area contributed by atoms with E-state index in [1.165, 1.54) is 4.90 Å². The van der Waals surface area contributed by atoms with Crippen molar-refractivity contribution in [1.82, 2.24) is 9.97 Å². The summed E-state index contributed by atoms with van der Waals surface area (Å²) in [5.41, 5.74) is 0.962. The van der Waals surface area contributed by atoms with Gasteiger partial charge in [0.1, 0.15) is 0 Å². The molecule has 1 aromatic heterocycles. The highest BCUT2D eigenvalue weighted by molar-refractivity contribution is 8.00. The molecule has 1 aliphatic rings. The van der Waals surface area contributed by atoms with E-state index in [2.05, 4.69) is 34.2 Å². The number of benzene rings is 1. The maximum atomic E-state index is 5.24. The van der Waals surface area contributed by atoms with E-state index in [-0.39, 0.29) is 4.75 Å². The normalized spacial score (nSPS) is 15.7. The van der Waals surface area contributed by atoms with E-state index in [4.69, 9.17) is 9.47 Å². The predicted octanol–water partition coefficient (Wildman–Crippen LogP) is 3.28. The van der Waals surface area contributed by atoms with E-state index in [0.717, 1.165) is 18.5 Å². The van der Waals surface area contributed by atoms with Gasteiger partial charge in [-0.3, -0.25) is 0 Å². The highest BCUT2D eigenvalue weighted by Crippen LogP contribution is 2.59. The van der Waals surface area contributed by atoms with E-state index in [0.29, 0.717) is 11.8 Å². The molecule has 104 valence electrons. The summed E-state index contributed by atoms with van der Waals surface area (Å²) in [7, 11) is 3.15. The SMILES string of the molecule is COc1ncc(C2(Sc3ccccc3)CC2)nc1OC. The smallest absolute Gasteiger partial charge is 0.278 e. The molecule has 20 heavy (non-hydrogen) atoms. The maximum absolute atomic E-state index is 5.24. The molecule has 0 saturated heterocycles. The number of thioether (sulfide) groups is 1. The Bertz CT molecular complexity index is 600. The predicted molar refractivity (Wildman–Crippen MR) is 78.3 cm³/mol. The van der Waals surface area contributed by atoms with Crippen LogP contribution in [0.4, 0.5) is 0 Å². The molecule has 0 aliphatic heterocycles. The van der Waals surface area contributed by atoms with Gasteiger partial charge in [-0.1, -0.05) is 18.2 Å². The number of methoxy groups -OCH3 is 2. The highest BCUT2D eigenvalue weighted by atomic mass is 32.2. The summed E-state index contributed by atoms with van der Waals surface area (Å²) in [5.74, 6) is 0.877. The van der Waals surface area contributed by atoms with E-state index < -0.39 is 0 Å². The van der Waals surface area contributed by atoms with Gasteiger partial charge in [0.05, 0.1) is 30.9 Å². The van der Waals surface area contributed by atoms with Crippen LogP contribution in [0.2, 0.25) is 0 Å². The lowest BCUT2D eigenvalue weighted by atomic mass is 10.3. The Balaban J connectivity index is 1.88. The van der Waals surface area contributed by atoms with Crippen LogP contribution in [0.5, 0.6) is 11.8 Å². The molecule has 1 aromatic carbocycles. The zero-order chi connectivity index (χ0) is 14.0. The van der Waals surface area contributed by atoms with Crippen molar-refractivity contribution in [2.45, 2.75) is 22.5 Å². The second-order valence-corrected chi connectivity index (χ2v) is 6.14. The maximum Gasteiger partial charge on any atom is 0.278 e. The fourth-order valence-corrected chi connectivity index (χ4v) is 3.35. The van der Waals surface area contributed by atoms with Crippen LogP contribution in [0.3, 0.4) is 0 Å². The summed E-state index contributed by atoms with van der Waals surface area (Å²) in [5, 5.41) is 0. The summed E-state index contributed by atoms with van der Waals surface area (Å²) in [4.78, 5) is 10.1. The Morgan fingerprint density at radius 2 is 1.75 bits per heavy atom. The van der Waals surface area contributed by atoms with E-state index in [1.54, 1.807) is 20.4 Å². The van der Waals surface area contributed by atoms with Crippen molar-refractivity contribution in [2.75, 3.05) is 14.2 Å². The number of rotatable bonds is 5. The minimum absolute atomic E-state index is 0.0356. The Hall–Kier alpha value is -1.75. The monoisotopic (exact) mass is 288 g/mol. The van der Waals surface area contributed by atoms with Crippen molar-refractivity contribution < 1.29 is 9.47 Å².